The molecule has 3 heteroatoms. The van der Waals surface area contributed by atoms with Crippen LogP contribution in [0, 0.1) is 17.8 Å². The molecule has 0 saturated heterocycles. The minimum Gasteiger partial charge on any atom is -0.374 e. The van der Waals surface area contributed by atoms with Crippen molar-refractivity contribution in [1.29, 1.82) is 0 Å². The van der Waals surface area contributed by atoms with Gasteiger partial charge in [-0.15, -0.1) is 6.42 Å². The molecule has 1 aliphatic rings. The van der Waals surface area contributed by atoms with Crippen molar-refractivity contribution < 1.29 is 14.6 Å². The average molecular weight is 354 g/mol. The summed E-state index contributed by atoms with van der Waals surface area (Å²) in [6.45, 7) is 8.93. The molecule has 1 aliphatic carbocycles. The van der Waals surface area contributed by atoms with E-state index < -0.39 is 5.60 Å². The molecule has 0 amide bonds. The monoisotopic (exact) mass is 354 g/mol. The van der Waals surface area contributed by atoms with Gasteiger partial charge in [-0.25, -0.2) is 0 Å². The Labute approximate surface area is 157 Å². The fraction of sp³-hybridized carbons (Fsp3) is 0.478. The van der Waals surface area contributed by atoms with Gasteiger partial charge in [0.15, 0.2) is 0 Å². The first kappa shape index (κ1) is 20.5. The lowest BCUT2D eigenvalue weighted by molar-refractivity contribution is -0.0911. The summed E-state index contributed by atoms with van der Waals surface area (Å²) in [5.41, 5.74) is 2.26. The minimum atomic E-state index is -1.24. The summed E-state index contributed by atoms with van der Waals surface area (Å²) in [6, 6.07) is 10.1. The van der Waals surface area contributed by atoms with Crippen LogP contribution in [-0.2, 0) is 16.1 Å². The first-order valence-corrected chi connectivity index (χ1v) is 9.09. The molecule has 0 spiro atoms. The van der Waals surface area contributed by atoms with E-state index in [2.05, 4.69) is 26.7 Å². The summed E-state index contributed by atoms with van der Waals surface area (Å²) in [6.07, 6.45) is 11.0. The Morgan fingerprint density at radius 1 is 1.35 bits per heavy atom. The Hall–Kier alpha value is -1.86. The van der Waals surface area contributed by atoms with E-state index in [0.29, 0.717) is 6.61 Å². The highest BCUT2D eigenvalue weighted by Crippen LogP contribution is 2.42. The molecule has 140 valence electrons. The van der Waals surface area contributed by atoms with E-state index in [1.807, 2.05) is 36.4 Å². The summed E-state index contributed by atoms with van der Waals surface area (Å²) in [5, 5.41) is 10.1. The highest BCUT2D eigenvalue weighted by atomic mass is 16.7. The van der Waals surface area contributed by atoms with Crippen LogP contribution >= 0.6 is 0 Å². The van der Waals surface area contributed by atoms with Gasteiger partial charge in [0.25, 0.3) is 0 Å². The van der Waals surface area contributed by atoms with Crippen LogP contribution in [0.3, 0.4) is 0 Å². The van der Waals surface area contributed by atoms with Crippen LogP contribution in [0.5, 0.6) is 0 Å². The highest BCUT2D eigenvalue weighted by molar-refractivity contribution is 5.37. The largest absolute Gasteiger partial charge is 0.374 e. The van der Waals surface area contributed by atoms with E-state index in [-0.39, 0.29) is 18.3 Å². The van der Waals surface area contributed by atoms with Gasteiger partial charge in [-0.3, -0.25) is 0 Å². The van der Waals surface area contributed by atoms with Crippen LogP contribution in [0.2, 0.25) is 0 Å². The normalized spacial score (nSPS) is 22.2. The standard InChI is InChI=1S/C23H30O3/c1-6-23(5,24)15-12-20-18(2)21(13-14-22(20,3)4)26-17-25-16-19-10-8-7-9-11-19/h1,7-12,15,21,24H,13-14,16-17H2,2-5H3/b15-12-. The lowest BCUT2D eigenvalue weighted by atomic mass is 9.71. The second-order valence-corrected chi connectivity index (χ2v) is 7.75. The van der Waals surface area contributed by atoms with E-state index in [4.69, 9.17) is 15.9 Å². The Bertz CT molecular complexity index is 690. The molecule has 0 saturated carbocycles. The maximum absolute atomic E-state index is 10.1. The zero-order valence-electron chi connectivity index (χ0n) is 16.3. The third kappa shape index (κ3) is 5.57. The maximum atomic E-state index is 10.1. The van der Waals surface area contributed by atoms with E-state index in [1.54, 1.807) is 13.0 Å². The molecule has 2 rings (SSSR count). The Morgan fingerprint density at radius 3 is 2.69 bits per heavy atom. The van der Waals surface area contributed by atoms with Crippen LogP contribution in [0.25, 0.3) is 0 Å². The maximum Gasteiger partial charge on any atom is 0.147 e. The number of ether oxygens (including phenoxy) is 2. The third-order valence-corrected chi connectivity index (χ3v) is 5.00. The van der Waals surface area contributed by atoms with Crippen molar-refractivity contribution in [1.82, 2.24) is 0 Å². The zero-order chi connectivity index (χ0) is 19.2. The number of hydrogen-bond donors (Lipinski definition) is 1. The van der Waals surface area contributed by atoms with E-state index in [9.17, 15) is 5.11 Å². The first-order chi connectivity index (χ1) is 12.2. The number of hydrogen-bond acceptors (Lipinski definition) is 3. The fourth-order valence-corrected chi connectivity index (χ4v) is 3.27. The molecule has 0 fully saturated rings. The van der Waals surface area contributed by atoms with Crippen molar-refractivity contribution in [3.63, 3.8) is 0 Å². The van der Waals surface area contributed by atoms with Crippen molar-refractivity contribution in [2.45, 2.75) is 58.8 Å². The molecule has 1 N–H and O–H groups in total. The van der Waals surface area contributed by atoms with Crippen LogP contribution in [0.15, 0.2) is 53.6 Å². The van der Waals surface area contributed by atoms with E-state index >= 15 is 0 Å². The highest BCUT2D eigenvalue weighted by Gasteiger charge is 2.32. The van der Waals surface area contributed by atoms with Gasteiger partial charge in [-0.05, 0) is 54.9 Å². The molecular weight excluding hydrogens is 324 g/mol. The van der Waals surface area contributed by atoms with Gasteiger partial charge in [0.2, 0.25) is 0 Å². The SMILES string of the molecule is C#CC(C)(O)/C=C\C1=C(C)C(OCOCc2ccccc2)CCC1(C)C. The number of allylic oxidation sites excluding steroid dienone is 2. The van der Waals surface area contributed by atoms with Crippen molar-refractivity contribution in [2.24, 2.45) is 5.41 Å². The predicted molar refractivity (Wildman–Crippen MR) is 105 cm³/mol. The Balaban J connectivity index is 2.00. The number of aliphatic hydroxyl groups is 1. The summed E-state index contributed by atoms with van der Waals surface area (Å²) in [4.78, 5) is 0. The molecule has 2 unspecified atom stereocenters. The molecule has 0 aliphatic heterocycles. The summed E-state index contributed by atoms with van der Waals surface area (Å²) in [7, 11) is 0. The Kier molecular flexibility index (Phi) is 6.83. The number of benzene rings is 1. The second-order valence-electron chi connectivity index (χ2n) is 7.75. The molecular formula is C23H30O3. The number of rotatable bonds is 7. The zero-order valence-corrected chi connectivity index (χ0v) is 16.3. The summed E-state index contributed by atoms with van der Waals surface area (Å²) >= 11 is 0. The second kappa shape index (κ2) is 8.68. The molecule has 1 aromatic rings. The molecule has 26 heavy (non-hydrogen) atoms. The lowest BCUT2D eigenvalue weighted by Crippen LogP contribution is -2.30. The predicted octanol–water partition coefficient (Wildman–Crippen LogP) is 4.62. The minimum absolute atomic E-state index is 0.0224. The molecule has 0 heterocycles. The molecule has 0 bridgehead atoms. The van der Waals surface area contributed by atoms with Gasteiger partial charge in [0, 0.05) is 0 Å². The molecule has 0 radical (unpaired) electrons. The van der Waals surface area contributed by atoms with Gasteiger partial charge in [-0.1, -0.05) is 56.2 Å². The third-order valence-electron chi connectivity index (χ3n) is 5.00. The van der Waals surface area contributed by atoms with Crippen molar-refractivity contribution in [2.75, 3.05) is 6.79 Å². The smallest absolute Gasteiger partial charge is 0.147 e. The van der Waals surface area contributed by atoms with Gasteiger partial charge in [-0.2, -0.15) is 0 Å². The fourth-order valence-electron chi connectivity index (χ4n) is 3.27. The van der Waals surface area contributed by atoms with Gasteiger partial charge in [0.05, 0.1) is 12.7 Å². The lowest BCUT2D eigenvalue weighted by Gasteiger charge is -2.37. The van der Waals surface area contributed by atoms with Crippen LogP contribution in [0.4, 0.5) is 0 Å². The van der Waals surface area contributed by atoms with Gasteiger partial charge in [0.1, 0.15) is 12.4 Å². The van der Waals surface area contributed by atoms with Crippen molar-refractivity contribution in [3.05, 3.63) is 59.2 Å². The van der Waals surface area contributed by atoms with Crippen molar-refractivity contribution >= 4 is 0 Å². The molecule has 1 aromatic carbocycles. The average Bonchev–Trinajstić information content (AvgIpc) is 2.60. The molecule has 3 nitrogen and oxygen atoms in total. The quantitative estimate of drug-likeness (QED) is 0.441. The topological polar surface area (TPSA) is 38.7 Å². The molecule has 0 aromatic heterocycles. The summed E-state index contributed by atoms with van der Waals surface area (Å²) in [5.74, 6) is 2.39. The van der Waals surface area contributed by atoms with Crippen molar-refractivity contribution in [3.8, 4) is 12.3 Å². The number of terminal acetylenes is 1. The van der Waals surface area contributed by atoms with Gasteiger partial charge >= 0.3 is 0 Å². The van der Waals surface area contributed by atoms with E-state index in [1.165, 1.54) is 11.1 Å². The van der Waals surface area contributed by atoms with E-state index in [0.717, 1.165) is 18.4 Å². The van der Waals surface area contributed by atoms with Crippen LogP contribution in [0.1, 0.15) is 46.1 Å². The van der Waals surface area contributed by atoms with Crippen LogP contribution in [-0.4, -0.2) is 23.6 Å². The first-order valence-electron chi connectivity index (χ1n) is 9.09. The molecule has 2 atom stereocenters. The van der Waals surface area contributed by atoms with Gasteiger partial charge < -0.3 is 14.6 Å². The Morgan fingerprint density at radius 2 is 2.04 bits per heavy atom. The summed E-state index contributed by atoms with van der Waals surface area (Å²) < 4.78 is 11.6. The van der Waals surface area contributed by atoms with Crippen LogP contribution < -0.4 is 0 Å².